The van der Waals surface area contributed by atoms with Crippen LogP contribution in [-0.4, -0.2) is 5.84 Å². The second kappa shape index (κ2) is 14.9. The average Bonchev–Trinajstić information content (AvgIpc) is 3.53. The van der Waals surface area contributed by atoms with E-state index in [-0.39, 0.29) is 5.41 Å². The molecule has 0 aromatic heterocycles. The first-order valence-corrected chi connectivity index (χ1v) is 20.5. The fraction of sp³-hybridized carbons (Fsp3) is 0.0702. The van der Waals surface area contributed by atoms with E-state index >= 15 is 0 Å². The predicted octanol–water partition coefficient (Wildman–Crippen LogP) is 14.3. The first-order valence-electron chi connectivity index (χ1n) is 20.5. The molecule has 2 heteroatoms. The lowest BCUT2D eigenvalue weighted by Crippen LogP contribution is -2.14. The van der Waals surface area contributed by atoms with E-state index in [0.717, 1.165) is 22.2 Å². The van der Waals surface area contributed by atoms with Gasteiger partial charge in [-0.2, -0.15) is 0 Å². The van der Waals surface area contributed by atoms with Crippen LogP contribution >= 0.6 is 0 Å². The van der Waals surface area contributed by atoms with Crippen LogP contribution in [0.2, 0.25) is 0 Å². The van der Waals surface area contributed by atoms with Crippen molar-refractivity contribution in [2.75, 3.05) is 0 Å². The number of aliphatic imine (C=N–C) groups is 1. The van der Waals surface area contributed by atoms with Gasteiger partial charge in [0.2, 0.25) is 0 Å². The summed E-state index contributed by atoms with van der Waals surface area (Å²) in [7, 11) is 0. The van der Waals surface area contributed by atoms with E-state index in [4.69, 9.17) is 10.7 Å². The molecule has 0 spiro atoms. The van der Waals surface area contributed by atoms with Crippen LogP contribution in [0.1, 0.15) is 41.7 Å². The summed E-state index contributed by atoms with van der Waals surface area (Å²) in [5.41, 5.74) is 23.4. The van der Waals surface area contributed by atoms with Crippen molar-refractivity contribution < 1.29 is 0 Å². The maximum Gasteiger partial charge on any atom is 0.131 e. The Kier molecular flexibility index (Phi) is 9.11. The third-order valence-electron chi connectivity index (χ3n) is 12.1. The summed E-state index contributed by atoms with van der Waals surface area (Å²) >= 11 is 0. The van der Waals surface area contributed by atoms with E-state index in [9.17, 15) is 0 Å². The van der Waals surface area contributed by atoms with Gasteiger partial charge in [0.15, 0.2) is 0 Å². The van der Waals surface area contributed by atoms with Crippen molar-refractivity contribution in [3.63, 3.8) is 0 Å². The first-order chi connectivity index (χ1) is 28.9. The Morgan fingerprint density at radius 1 is 0.492 bits per heavy atom. The maximum absolute atomic E-state index is 6.78. The topological polar surface area (TPSA) is 38.4 Å². The molecule has 2 N–H and O–H groups in total. The van der Waals surface area contributed by atoms with Crippen LogP contribution in [-0.2, 0) is 11.8 Å². The van der Waals surface area contributed by atoms with Crippen LogP contribution in [0.5, 0.6) is 0 Å². The van der Waals surface area contributed by atoms with Gasteiger partial charge in [0, 0.05) is 16.5 Å². The number of nitrogens with zero attached hydrogens (tertiary/aromatic N) is 1. The minimum atomic E-state index is -0.0524. The zero-order chi connectivity index (χ0) is 39.9. The first kappa shape index (κ1) is 36.1. The molecule has 0 saturated heterocycles. The number of rotatable bonds is 8. The molecule has 2 nitrogen and oxygen atoms in total. The van der Waals surface area contributed by atoms with Crippen LogP contribution < -0.4 is 5.73 Å². The van der Waals surface area contributed by atoms with Crippen molar-refractivity contribution in [2.24, 2.45) is 10.7 Å². The third-order valence-corrected chi connectivity index (χ3v) is 12.1. The van der Waals surface area contributed by atoms with Crippen molar-refractivity contribution in [1.82, 2.24) is 0 Å². The number of nitrogens with two attached hydrogens (primary N) is 1. The van der Waals surface area contributed by atoms with Gasteiger partial charge < -0.3 is 5.73 Å². The molecule has 0 amide bonds. The summed E-state index contributed by atoms with van der Waals surface area (Å²) in [5, 5.41) is 4.79. The molecule has 0 heterocycles. The van der Waals surface area contributed by atoms with Crippen LogP contribution in [0.15, 0.2) is 211 Å². The summed E-state index contributed by atoms with van der Waals surface area (Å²) in [6.07, 6.45) is 2.93. The molecule has 0 bridgehead atoms. The average molecular weight is 757 g/mol. The Bertz CT molecular complexity index is 3110. The van der Waals surface area contributed by atoms with Crippen LogP contribution in [0.3, 0.4) is 0 Å². The standard InChI is InChI=1S/C57H44N2/c1-57(2)52-27-11-10-25-51(52)55-47(26-14-28-53(55)57)45-22-13-21-44(37-45)46-32-33-50(49-24-9-8-23-48(46)49)54(59-56(58)40-17-4-3-5-18-40)34-29-38-15-12-20-41(35-38)43-31-30-39-16-6-7-19-42(39)36-43/h3-28,30-37H,29H2,1-2H3,(H2,58,59)/b54-34-. The number of benzene rings is 9. The number of hydrogen-bond donors (Lipinski definition) is 1. The summed E-state index contributed by atoms with van der Waals surface area (Å²) in [5.74, 6) is 0.489. The molecule has 1 aliphatic rings. The minimum Gasteiger partial charge on any atom is -0.383 e. The van der Waals surface area contributed by atoms with Crippen molar-refractivity contribution in [1.29, 1.82) is 0 Å². The van der Waals surface area contributed by atoms with E-state index in [2.05, 4.69) is 190 Å². The van der Waals surface area contributed by atoms with Gasteiger partial charge in [0.25, 0.3) is 0 Å². The molecule has 0 radical (unpaired) electrons. The molecule has 1 aliphatic carbocycles. The number of fused-ring (bicyclic) bond motifs is 5. The third kappa shape index (κ3) is 6.63. The molecule has 0 saturated carbocycles. The van der Waals surface area contributed by atoms with E-state index in [1.807, 2.05) is 30.3 Å². The Labute approximate surface area is 346 Å². The molecule has 9 aromatic rings. The maximum atomic E-state index is 6.78. The lowest BCUT2D eigenvalue weighted by molar-refractivity contribution is 0.660. The fourth-order valence-corrected chi connectivity index (χ4v) is 9.10. The van der Waals surface area contributed by atoms with Crippen LogP contribution in [0.4, 0.5) is 0 Å². The van der Waals surface area contributed by atoms with Crippen LogP contribution in [0.25, 0.3) is 71.7 Å². The molecule has 59 heavy (non-hydrogen) atoms. The van der Waals surface area contributed by atoms with Gasteiger partial charge in [0.05, 0.1) is 5.70 Å². The zero-order valence-electron chi connectivity index (χ0n) is 33.4. The predicted molar refractivity (Wildman–Crippen MR) is 251 cm³/mol. The summed E-state index contributed by atoms with van der Waals surface area (Å²) in [4.78, 5) is 5.17. The van der Waals surface area contributed by atoms with E-state index in [1.165, 1.54) is 77.4 Å². The molecular weight excluding hydrogens is 713 g/mol. The van der Waals surface area contributed by atoms with Crippen molar-refractivity contribution in [2.45, 2.75) is 25.7 Å². The van der Waals surface area contributed by atoms with Crippen molar-refractivity contribution in [3.05, 3.63) is 234 Å². The number of amidine groups is 1. The molecule has 282 valence electrons. The highest BCUT2D eigenvalue weighted by Crippen LogP contribution is 2.52. The van der Waals surface area contributed by atoms with Gasteiger partial charge in [-0.1, -0.05) is 208 Å². The van der Waals surface area contributed by atoms with E-state index in [1.54, 1.807) is 0 Å². The van der Waals surface area contributed by atoms with Crippen molar-refractivity contribution >= 4 is 33.1 Å². The monoisotopic (exact) mass is 756 g/mol. The lowest BCUT2D eigenvalue weighted by atomic mass is 9.82. The Morgan fingerprint density at radius 2 is 1.14 bits per heavy atom. The largest absolute Gasteiger partial charge is 0.383 e. The van der Waals surface area contributed by atoms with E-state index in [0.29, 0.717) is 12.3 Å². The quantitative estimate of drug-likeness (QED) is 0.122. The molecule has 0 unspecified atom stereocenters. The molecule has 0 fully saturated rings. The van der Waals surface area contributed by atoms with Gasteiger partial charge in [-0.05, 0) is 101 Å². The Balaban J connectivity index is 1.06. The van der Waals surface area contributed by atoms with Gasteiger partial charge in [-0.3, -0.25) is 0 Å². The summed E-state index contributed by atoms with van der Waals surface area (Å²) < 4.78 is 0. The van der Waals surface area contributed by atoms with E-state index < -0.39 is 0 Å². The van der Waals surface area contributed by atoms with Gasteiger partial charge in [-0.15, -0.1) is 0 Å². The Morgan fingerprint density at radius 3 is 2.00 bits per heavy atom. The number of allylic oxidation sites excluding steroid dienone is 1. The Hall–Kier alpha value is -7.29. The highest BCUT2D eigenvalue weighted by atomic mass is 14.9. The van der Waals surface area contributed by atoms with Crippen molar-refractivity contribution in [3.8, 4) is 44.5 Å². The van der Waals surface area contributed by atoms with Gasteiger partial charge >= 0.3 is 0 Å². The van der Waals surface area contributed by atoms with Crippen LogP contribution in [0, 0.1) is 0 Å². The smallest absolute Gasteiger partial charge is 0.131 e. The molecule has 0 aliphatic heterocycles. The highest BCUT2D eigenvalue weighted by Gasteiger charge is 2.36. The number of hydrogen-bond acceptors (Lipinski definition) is 1. The summed E-state index contributed by atoms with van der Waals surface area (Å²) in [6.45, 7) is 4.68. The summed E-state index contributed by atoms with van der Waals surface area (Å²) in [6, 6.07) is 72.0. The second-order valence-corrected chi connectivity index (χ2v) is 16.1. The zero-order valence-corrected chi connectivity index (χ0v) is 33.4. The molecule has 10 rings (SSSR count). The molecule has 0 atom stereocenters. The normalized spacial score (nSPS) is 13.4. The minimum absolute atomic E-state index is 0.0524. The molecule has 9 aromatic carbocycles. The second-order valence-electron chi connectivity index (χ2n) is 16.1. The fourth-order valence-electron chi connectivity index (χ4n) is 9.10. The van der Waals surface area contributed by atoms with Gasteiger partial charge in [0.1, 0.15) is 5.84 Å². The SMILES string of the molecule is CC1(C)c2ccccc2-c2c(-c3cccc(-c4ccc(/C(=C/Cc5cccc(-c6ccc7ccccc7c6)c5)N=C(N)c5ccccc5)c5ccccc45)c3)cccc21. The lowest BCUT2D eigenvalue weighted by Gasteiger charge is -2.21. The van der Waals surface area contributed by atoms with Gasteiger partial charge in [-0.25, -0.2) is 4.99 Å². The highest BCUT2D eigenvalue weighted by molar-refractivity contribution is 6.06. The molecular formula is C57H44N2.